The minimum atomic E-state index is 0.365. The van der Waals surface area contributed by atoms with Crippen LogP contribution >= 0.6 is 22.6 Å². The van der Waals surface area contributed by atoms with Crippen molar-refractivity contribution in [3.63, 3.8) is 0 Å². The second-order valence-corrected chi connectivity index (χ2v) is 8.02. The predicted octanol–water partition coefficient (Wildman–Crippen LogP) is 6.27. The Labute approximate surface area is 155 Å². The van der Waals surface area contributed by atoms with Gasteiger partial charge >= 0.3 is 0 Å². The van der Waals surface area contributed by atoms with Crippen molar-refractivity contribution < 1.29 is 0 Å². The summed E-state index contributed by atoms with van der Waals surface area (Å²) in [5, 5.41) is 6.56. The average Bonchev–Trinajstić information content (AvgIpc) is 3.11. The molecular weight excluding hydrogens is 405 g/mol. The van der Waals surface area contributed by atoms with Gasteiger partial charge in [0, 0.05) is 15.2 Å². The van der Waals surface area contributed by atoms with Crippen LogP contribution in [0.2, 0.25) is 0 Å². The van der Waals surface area contributed by atoms with Crippen LogP contribution in [0.25, 0.3) is 10.8 Å². The summed E-state index contributed by atoms with van der Waals surface area (Å²) < 4.78 is 1.32. The van der Waals surface area contributed by atoms with E-state index < -0.39 is 0 Å². The Morgan fingerprint density at radius 3 is 2.75 bits per heavy atom. The second-order valence-electron chi connectivity index (χ2n) is 6.78. The molecule has 1 heterocycles. The van der Waals surface area contributed by atoms with Crippen LogP contribution in [0.5, 0.6) is 0 Å². The summed E-state index contributed by atoms with van der Waals surface area (Å²) in [4.78, 5) is 0. The number of anilines is 1. The lowest BCUT2D eigenvalue weighted by Gasteiger charge is -2.38. The monoisotopic (exact) mass is 423 g/mol. The first-order chi connectivity index (χ1) is 11.8. The molecule has 5 rings (SSSR count). The zero-order valence-corrected chi connectivity index (χ0v) is 15.4. The van der Waals surface area contributed by atoms with Gasteiger partial charge in [0.15, 0.2) is 0 Å². The first kappa shape index (κ1) is 14.5. The normalized spacial score (nSPS) is 24.5. The summed E-state index contributed by atoms with van der Waals surface area (Å²) in [7, 11) is 0. The van der Waals surface area contributed by atoms with Gasteiger partial charge in [-0.2, -0.15) is 0 Å². The van der Waals surface area contributed by atoms with Crippen LogP contribution in [0.3, 0.4) is 0 Å². The standard InChI is InChI=1S/C22H18IN/c23-15-11-12-21-20(13-15)17-8-4-10-19(17)22(24-21)18-9-3-6-14-5-1-2-7-16(14)18/h1-9,11-13,17,19,22,24H,10H2. The van der Waals surface area contributed by atoms with E-state index in [-0.39, 0.29) is 0 Å². The lowest BCUT2D eigenvalue weighted by molar-refractivity contribution is 0.427. The fourth-order valence-electron chi connectivity index (χ4n) is 4.39. The first-order valence-corrected chi connectivity index (χ1v) is 9.59. The zero-order chi connectivity index (χ0) is 16.1. The third kappa shape index (κ3) is 2.20. The van der Waals surface area contributed by atoms with E-state index in [0.29, 0.717) is 17.9 Å². The Balaban J connectivity index is 1.68. The highest BCUT2D eigenvalue weighted by Gasteiger charge is 2.38. The van der Waals surface area contributed by atoms with Gasteiger partial charge in [-0.25, -0.2) is 0 Å². The van der Waals surface area contributed by atoms with Crippen molar-refractivity contribution in [2.24, 2.45) is 5.92 Å². The fourth-order valence-corrected chi connectivity index (χ4v) is 4.91. The number of hydrogen-bond acceptors (Lipinski definition) is 1. The molecule has 0 spiro atoms. The molecule has 3 atom stereocenters. The van der Waals surface area contributed by atoms with Crippen LogP contribution in [0, 0.1) is 9.49 Å². The predicted molar refractivity (Wildman–Crippen MR) is 109 cm³/mol. The number of rotatable bonds is 1. The lowest BCUT2D eigenvalue weighted by atomic mass is 9.76. The van der Waals surface area contributed by atoms with Gasteiger partial charge in [0.1, 0.15) is 0 Å². The summed E-state index contributed by atoms with van der Waals surface area (Å²) in [6, 6.07) is 22.6. The van der Waals surface area contributed by atoms with Crippen molar-refractivity contribution in [2.45, 2.75) is 18.4 Å². The van der Waals surface area contributed by atoms with Crippen LogP contribution in [-0.2, 0) is 0 Å². The molecular formula is C22H18IN. The second kappa shape index (κ2) is 5.62. The van der Waals surface area contributed by atoms with E-state index in [1.165, 1.54) is 31.2 Å². The van der Waals surface area contributed by atoms with Gasteiger partial charge in [0.05, 0.1) is 6.04 Å². The molecule has 0 saturated carbocycles. The van der Waals surface area contributed by atoms with Gasteiger partial charge in [-0.1, -0.05) is 54.6 Å². The molecule has 0 aromatic heterocycles. The Hall–Kier alpha value is -1.81. The van der Waals surface area contributed by atoms with Crippen molar-refractivity contribution in [1.29, 1.82) is 0 Å². The van der Waals surface area contributed by atoms with Gasteiger partial charge < -0.3 is 5.32 Å². The van der Waals surface area contributed by atoms with Gasteiger partial charge in [0.2, 0.25) is 0 Å². The molecule has 118 valence electrons. The van der Waals surface area contributed by atoms with Crippen molar-refractivity contribution in [3.05, 3.63) is 87.5 Å². The van der Waals surface area contributed by atoms with Gasteiger partial charge in [-0.15, -0.1) is 0 Å². The van der Waals surface area contributed by atoms with Gasteiger partial charge in [-0.3, -0.25) is 0 Å². The molecule has 0 bridgehead atoms. The van der Waals surface area contributed by atoms with Crippen molar-refractivity contribution in [2.75, 3.05) is 5.32 Å². The van der Waals surface area contributed by atoms with E-state index in [0.717, 1.165) is 6.42 Å². The number of halogens is 1. The Kier molecular flexibility index (Phi) is 3.40. The van der Waals surface area contributed by atoms with Crippen LogP contribution in [0.4, 0.5) is 5.69 Å². The Morgan fingerprint density at radius 2 is 1.79 bits per heavy atom. The molecule has 0 amide bonds. The van der Waals surface area contributed by atoms with Crippen molar-refractivity contribution in [3.8, 4) is 0 Å². The van der Waals surface area contributed by atoms with Crippen molar-refractivity contribution >= 4 is 39.1 Å². The van der Waals surface area contributed by atoms with E-state index in [1.54, 1.807) is 0 Å². The number of nitrogens with one attached hydrogen (secondary N) is 1. The zero-order valence-electron chi connectivity index (χ0n) is 13.2. The quantitative estimate of drug-likeness (QED) is 0.359. The number of fused-ring (bicyclic) bond motifs is 4. The third-order valence-electron chi connectivity index (χ3n) is 5.48. The molecule has 3 aromatic rings. The molecule has 1 nitrogen and oxygen atoms in total. The van der Waals surface area contributed by atoms with Gasteiger partial charge in [0.25, 0.3) is 0 Å². The van der Waals surface area contributed by atoms with E-state index in [9.17, 15) is 0 Å². The molecule has 3 aromatic carbocycles. The molecule has 1 N–H and O–H groups in total. The molecule has 24 heavy (non-hydrogen) atoms. The van der Waals surface area contributed by atoms with E-state index in [4.69, 9.17) is 0 Å². The maximum Gasteiger partial charge on any atom is 0.0560 e. The summed E-state index contributed by atoms with van der Waals surface area (Å²) in [5.74, 6) is 1.13. The summed E-state index contributed by atoms with van der Waals surface area (Å²) in [5.41, 5.74) is 4.18. The maximum atomic E-state index is 3.86. The average molecular weight is 423 g/mol. The van der Waals surface area contributed by atoms with Crippen LogP contribution in [0.1, 0.15) is 29.5 Å². The third-order valence-corrected chi connectivity index (χ3v) is 6.15. The molecule has 0 radical (unpaired) electrons. The summed E-state index contributed by atoms with van der Waals surface area (Å²) in [6.45, 7) is 0. The van der Waals surface area contributed by atoms with E-state index in [1.807, 2.05) is 0 Å². The number of hydrogen-bond donors (Lipinski definition) is 1. The molecule has 1 aliphatic heterocycles. The molecule has 2 aliphatic rings. The largest absolute Gasteiger partial charge is 0.378 e. The molecule has 1 aliphatic carbocycles. The molecule has 0 saturated heterocycles. The molecule has 0 fully saturated rings. The van der Waals surface area contributed by atoms with Crippen LogP contribution in [-0.4, -0.2) is 0 Å². The molecule has 3 unspecified atom stereocenters. The highest BCUT2D eigenvalue weighted by Crippen LogP contribution is 2.50. The Bertz CT molecular complexity index is 954. The van der Waals surface area contributed by atoms with Crippen molar-refractivity contribution in [1.82, 2.24) is 0 Å². The minimum absolute atomic E-state index is 0.365. The minimum Gasteiger partial charge on any atom is -0.378 e. The number of benzene rings is 3. The topological polar surface area (TPSA) is 12.0 Å². The van der Waals surface area contributed by atoms with E-state index in [2.05, 4.69) is 101 Å². The van der Waals surface area contributed by atoms with Crippen LogP contribution < -0.4 is 5.32 Å². The fraction of sp³-hybridized carbons (Fsp3) is 0.182. The maximum absolute atomic E-state index is 3.86. The SMILES string of the molecule is Ic1ccc2c(c1)C1C=CCC1C(c1cccc3ccccc13)N2. The highest BCUT2D eigenvalue weighted by molar-refractivity contribution is 14.1. The van der Waals surface area contributed by atoms with Crippen LogP contribution in [0.15, 0.2) is 72.8 Å². The Morgan fingerprint density at radius 1 is 0.917 bits per heavy atom. The smallest absolute Gasteiger partial charge is 0.0560 e. The lowest BCUT2D eigenvalue weighted by Crippen LogP contribution is -2.29. The number of allylic oxidation sites excluding steroid dienone is 2. The van der Waals surface area contributed by atoms with E-state index >= 15 is 0 Å². The first-order valence-electron chi connectivity index (χ1n) is 8.51. The van der Waals surface area contributed by atoms with Gasteiger partial charge in [-0.05, 0) is 75.0 Å². The summed E-state index contributed by atoms with van der Waals surface area (Å²) in [6.07, 6.45) is 5.93. The molecule has 2 heteroatoms. The summed E-state index contributed by atoms with van der Waals surface area (Å²) >= 11 is 2.42. The highest BCUT2D eigenvalue weighted by atomic mass is 127.